The summed E-state index contributed by atoms with van der Waals surface area (Å²) in [5.74, 6) is 1.04. The minimum atomic E-state index is 0.00247. The molecular formula is C23H29N5O. The van der Waals surface area contributed by atoms with E-state index in [0.717, 1.165) is 61.7 Å². The van der Waals surface area contributed by atoms with Crippen molar-refractivity contribution < 1.29 is 4.79 Å². The monoisotopic (exact) mass is 391 g/mol. The third kappa shape index (κ3) is 4.27. The van der Waals surface area contributed by atoms with Gasteiger partial charge in [-0.3, -0.25) is 9.69 Å². The van der Waals surface area contributed by atoms with Gasteiger partial charge in [-0.2, -0.15) is 0 Å². The van der Waals surface area contributed by atoms with Crippen molar-refractivity contribution in [2.75, 3.05) is 37.6 Å². The number of hydrogen-bond donors (Lipinski definition) is 1. The topological polar surface area (TPSA) is 53.4 Å². The van der Waals surface area contributed by atoms with Gasteiger partial charge in [0.2, 0.25) is 0 Å². The maximum Gasteiger partial charge on any atom is 0.268 e. The number of nitrogens with zero attached hydrogens (tertiary/aromatic N) is 4. The minimum absolute atomic E-state index is 0.00247. The van der Waals surface area contributed by atoms with E-state index in [-0.39, 0.29) is 11.9 Å². The van der Waals surface area contributed by atoms with Crippen molar-refractivity contribution in [2.24, 2.45) is 0 Å². The first-order chi connectivity index (χ1) is 14.2. The Labute approximate surface area is 172 Å². The number of carbonyl (C=O) groups is 1. The highest BCUT2D eigenvalue weighted by Crippen LogP contribution is 2.20. The molecule has 4 rings (SSSR count). The fourth-order valence-electron chi connectivity index (χ4n) is 4.17. The van der Waals surface area contributed by atoms with Gasteiger partial charge in [0.1, 0.15) is 11.5 Å². The Bertz CT molecular complexity index is 960. The first-order valence-electron chi connectivity index (χ1n) is 10.4. The van der Waals surface area contributed by atoms with Crippen LogP contribution in [0.5, 0.6) is 0 Å². The molecule has 1 amide bonds. The van der Waals surface area contributed by atoms with Crippen LogP contribution in [0.25, 0.3) is 10.9 Å². The lowest BCUT2D eigenvalue weighted by Crippen LogP contribution is -2.51. The van der Waals surface area contributed by atoms with Crippen LogP contribution in [0, 0.1) is 0 Å². The summed E-state index contributed by atoms with van der Waals surface area (Å²) in [6.45, 7) is 9.67. The van der Waals surface area contributed by atoms with Crippen LogP contribution < -0.4 is 10.2 Å². The standard InChI is InChI=1S/C23H29N5O/c1-3-28-20-9-5-4-8-19(20)16-21(28)23(29)25-18(2)17-26-12-14-27(15-13-26)22-10-6-7-11-24-22/h4-11,16,18H,3,12-15,17H2,1-2H3,(H,25,29). The van der Waals surface area contributed by atoms with Gasteiger partial charge in [0.15, 0.2) is 0 Å². The van der Waals surface area contributed by atoms with Crippen LogP contribution in [0.2, 0.25) is 0 Å². The number of nitrogens with one attached hydrogen (secondary N) is 1. The van der Waals surface area contributed by atoms with Crippen LogP contribution in [0.4, 0.5) is 5.82 Å². The van der Waals surface area contributed by atoms with Crippen molar-refractivity contribution in [3.63, 3.8) is 0 Å². The highest BCUT2D eigenvalue weighted by molar-refractivity contribution is 5.98. The number of fused-ring (bicyclic) bond motifs is 1. The first-order valence-corrected chi connectivity index (χ1v) is 10.4. The second-order valence-electron chi connectivity index (χ2n) is 7.68. The number of aryl methyl sites for hydroxylation is 1. The Morgan fingerprint density at radius 1 is 1.10 bits per heavy atom. The summed E-state index contributed by atoms with van der Waals surface area (Å²) in [4.78, 5) is 22.1. The Balaban J connectivity index is 1.33. The van der Waals surface area contributed by atoms with E-state index < -0.39 is 0 Å². The number of aromatic nitrogens is 2. The molecule has 1 unspecified atom stereocenters. The summed E-state index contributed by atoms with van der Waals surface area (Å²) in [6.07, 6.45) is 1.84. The summed E-state index contributed by atoms with van der Waals surface area (Å²) in [6, 6.07) is 16.3. The van der Waals surface area contributed by atoms with Gasteiger partial charge in [-0.25, -0.2) is 4.98 Å². The van der Waals surface area contributed by atoms with Crippen molar-refractivity contribution in [3.05, 3.63) is 60.4 Å². The summed E-state index contributed by atoms with van der Waals surface area (Å²) in [7, 11) is 0. The van der Waals surface area contributed by atoms with Gasteiger partial charge in [-0.15, -0.1) is 0 Å². The molecule has 1 N–H and O–H groups in total. The van der Waals surface area contributed by atoms with Gasteiger partial charge in [0, 0.05) is 62.4 Å². The van der Waals surface area contributed by atoms with Crippen molar-refractivity contribution in [1.29, 1.82) is 0 Å². The molecule has 6 heteroatoms. The van der Waals surface area contributed by atoms with E-state index in [9.17, 15) is 4.79 Å². The molecule has 1 fully saturated rings. The first kappa shape index (κ1) is 19.5. The van der Waals surface area contributed by atoms with Crippen LogP contribution in [-0.2, 0) is 6.54 Å². The van der Waals surface area contributed by atoms with Crippen LogP contribution in [0.1, 0.15) is 24.3 Å². The molecule has 2 aromatic heterocycles. The van der Waals surface area contributed by atoms with Crippen LogP contribution in [0.3, 0.4) is 0 Å². The highest BCUT2D eigenvalue weighted by atomic mass is 16.2. The second kappa shape index (κ2) is 8.66. The van der Waals surface area contributed by atoms with Crippen LogP contribution >= 0.6 is 0 Å². The van der Waals surface area contributed by atoms with Crippen molar-refractivity contribution in [1.82, 2.24) is 19.8 Å². The Kier molecular flexibility index (Phi) is 5.81. The summed E-state index contributed by atoms with van der Waals surface area (Å²) in [5, 5.41) is 4.30. The second-order valence-corrected chi connectivity index (χ2v) is 7.68. The number of para-hydroxylation sites is 1. The van der Waals surface area contributed by atoms with E-state index in [2.05, 4.69) is 56.7 Å². The maximum atomic E-state index is 12.9. The normalized spacial score (nSPS) is 16.1. The van der Waals surface area contributed by atoms with E-state index in [0.29, 0.717) is 0 Å². The molecule has 152 valence electrons. The molecule has 3 aromatic rings. The molecule has 1 aromatic carbocycles. The number of hydrogen-bond acceptors (Lipinski definition) is 4. The lowest BCUT2D eigenvalue weighted by Gasteiger charge is -2.36. The van der Waals surface area contributed by atoms with Crippen LogP contribution in [0.15, 0.2) is 54.7 Å². The zero-order valence-electron chi connectivity index (χ0n) is 17.2. The van der Waals surface area contributed by atoms with Crippen molar-refractivity contribution >= 4 is 22.6 Å². The average molecular weight is 392 g/mol. The zero-order chi connectivity index (χ0) is 20.2. The smallest absolute Gasteiger partial charge is 0.268 e. The fraction of sp³-hybridized carbons (Fsp3) is 0.391. The summed E-state index contributed by atoms with van der Waals surface area (Å²) >= 11 is 0. The number of rotatable bonds is 6. The Hall–Kier alpha value is -2.86. The quantitative estimate of drug-likeness (QED) is 0.702. The number of amides is 1. The Morgan fingerprint density at radius 2 is 1.86 bits per heavy atom. The lowest BCUT2D eigenvalue weighted by molar-refractivity contribution is 0.0919. The molecule has 0 spiro atoms. The molecule has 0 bridgehead atoms. The number of piperazine rings is 1. The number of carbonyl (C=O) groups excluding carboxylic acids is 1. The van der Waals surface area contributed by atoms with E-state index in [1.54, 1.807) is 0 Å². The fourth-order valence-corrected chi connectivity index (χ4v) is 4.17. The Morgan fingerprint density at radius 3 is 2.59 bits per heavy atom. The highest BCUT2D eigenvalue weighted by Gasteiger charge is 2.21. The molecule has 0 saturated carbocycles. The number of anilines is 1. The molecule has 1 aliphatic rings. The van der Waals surface area contributed by atoms with Gasteiger partial charge in [-0.1, -0.05) is 24.3 Å². The maximum absolute atomic E-state index is 12.9. The average Bonchev–Trinajstić information content (AvgIpc) is 3.14. The molecule has 1 atom stereocenters. The van der Waals surface area contributed by atoms with Crippen molar-refractivity contribution in [3.8, 4) is 0 Å². The SMILES string of the molecule is CCn1c(C(=O)NC(C)CN2CCN(c3ccccn3)CC2)cc2ccccc21. The van der Waals surface area contributed by atoms with Crippen LogP contribution in [-0.4, -0.2) is 59.1 Å². The third-order valence-corrected chi connectivity index (χ3v) is 5.61. The summed E-state index contributed by atoms with van der Waals surface area (Å²) < 4.78 is 2.09. The predicted molar refractivity (Wildman–Crippen MR) is 117 cm³/mol. The van der Waals surface area contributed by atoms with E-state index in [1.165, 1.54) is 0 Å². The predicted octanol–water partition coefficient (Wildman–Crippen LogP) is 3.00. The summed E-state index contributed by atoms with van der Waals surface area (Å²) in [5.41, 5.74) is 1.85. The minimum Gasteiger partial charge on any atom is -0.354 e. The van der Waals surface area contributed by atoms with Gasteiger partial charge < -0.3 is 14.8 Å². The molecular weight excluding hydrogens is 362 g/mol. The molecule has 3 heterocycles. The molecule has 29 heavy (non-hydrogen) atoms. The number of pyridine rings is 1. The third-order valence-electron chi connectivity index (χ3n) is 5.61. The van der Waals surface area contributed by atoms with E-state index >= 15 is 0 Å². The van der Waals surface area contributed by atoms with E-state index in [1.807, 2.05) is 36.5 Å². The van der Waals surface area contributed by atoms with Crippen molar-refractivity contribution in [2.45, 2.75) is 26.4 Å². The zero-order valence-corrected chi connectivity index (χ0v) is 17.2. The molecule has 1 aliphatic heterocycles. The van der Waals surface area contributed by atoms with Gasteiger partial charge in [-0.05, 0) is 38.1 Å². The lowest BCUT2D eigenvalue weighted by atomic mass is 10.2. The molecule has 0 aliphatic carbocycles. The van der Waals surface area contributed by atoms with Gasteiger partial charge >= 0.3 is 0 Å². The molecule has 6 nitrogen and oxygen atoms in total. The molecule has 0 radical (unpaired) electrons. The molecule has 1 saturated heterocycles. The van der Waals surface area contributed by atoms with Gasteiger partial charge in [0.25, 0.3) is 5.91 Å². The van der Waals surface area contributed by atoms with E-state index in [4.69, 9.17) is 0 Å². The largest absolute Gasteiger partial charge is 0.354 e. The van der Waals surface area contributed by atoms with Gasteiger partial charge in [0.05, 0.1) is 0 Å². The number of benzene rings is 1.